The van der Waals surface area contributed by atoms with Crippen molar-refractivity contribution < 1.29 is 18.8 Å². The molecule has 6 nitrogen and oxygen atoms in total. The van der Waals surface area contributed by atoms with Gasteiger partial charge in [0.05, 0.1) is 4.91 Å². The van der Waals surface area contributed by atoms with E-state index in [1.165, 1.54) is 17.7 Å². The van der Waals surface area contributed by atoms with Crippen LogP contribution in [0.5, 0.6) is 0 Å². The van der Waals surface area contributed by atoms with Crippen molar-refractivity contribution >= 4 is 45.8 Å². The largest absolute Gasteiger partial charge is 0.342 e. The van der Waals surface area contributed by atoms with Crippen molar-refractivity contribution in [3.8, 4) is 0 Å². The van der Waals surface area contributed by atoms with Gasteiger partial charge in [0.1, 0.15) is 12.4 Å². The van der Waals surface area contributed by atoms with Crippen LogP contribution < -0.4 is 0 Å². The summed E-state index contributed by atoms with van der Waals surface area (Å²) in [6, 6.07) is 22.2. The number of carbonyl (C=O) groups excluding carboxylic acids is 3. The zero-order chi connectivity index (χ0) is 26.2. The molecule has 6 rings (SSSR count). The van der Waals surface area contributed by atoms with Crippen molar-refractivity contribution in [2.75, 3.05) is 13.1 Å². The molecule has 190 valence electrons. The fourth-order valence-corrected chi connectivity index (χ4v) is 5.86. The highest BCUT2D eigenvalue weighted by Gasteiger charge is 2.37. The molecule has 1 fully saturated rings. The summed E-state index contributed by atoms with van der Waals surface area (Å²) in [5.74, 6) is -0.980. The average molecular weight is 526 g/mol. The summed E-state index contributed by atoms with van der Waals surface area (Å²) in [5.41, 5.74) is 5.02. The minimum absolute atomic E-state index is 0.237. The first-order chi connectivity index (χ1) is 18.5. The summed E-state index contributed by atoms with van der Waals surface area (Å²) in [7, 11) is 0. The van der Waals surface area contributed by atoms with E-state index in [1.807, 2.05) is 53.2 Å². The molecule has 4 aromatic rings. The van der Waals surface area contributed by atoms with E-state index in [-0.39, 0.29) is 23.2 Å². The van der Waals surface area contributed by atoms with Gasteiger partial charge in [-0.2, -0.15) is 0 Å². The van der Waals surface area contributed by atoms with E-state index >= 15 is 0 Å². The number of carbonyl (C=O) groups is 3. The molecule has 1 aromatic heterocycles. The van der Waals surface area contributed by atoms with E-state index in [9.17, 15) is 18.8 Å². The Morgan fingerprint density at radius 1 is 0.947 bits per heavy atom. The minimum atomic E-state index is -0.457. The predicted octanol–water partition coefficient (Wildman–Crippen LogP) is 5.45. The van der Waals surface area contributed by atoms with Gasteiger partial charge in [-0.05, 0) is 59.1 Å². The van der Waals surface area contributed by atoms with Crippen LogP contribution in [0.2, 0.25) is 0 Å². The maximum Gasteiger partial charge on any atom is 0.294 e. The molecule has 8 heteroatoms. The number of halogens is 1. The van der Waals surface area contributed by atoms with Crippen LogP contribution in [0.1, 0.15) is 22.3 Å². The summed E-state index contributed by atoms with van der Waals surface area (Å²) in [6.07, 6.45) is 4.40. The van der Waals surface area contributed by atoms with Gasteiger partial charge in [-0.1, -0.05) is 54.6 Å². The van der Waals surface area contributed by atoms with Crippen molar-refractivity contribution in [2.24, 2.45) is 0 Å². The molecule has 0 bridgehead atoms. The van der Waals surface area contributed by atoms with Crippen LogP contribution in [-0.2, 0) is 29.1 Å². The normalized spacial score (nSPS) is 16.5. The van der Waals surface area contributed by atoms with Gasteiger partial charge in [-0.15, -0.1) is 0 Å². The van der Waals surface area contributed by atoms with Crippen molar-refractivity contribution in [1.82, 2.24) is 14.4 Å². The quantitative estimate of drug-likeness (QED) is 0.325. The number of amides is 3. The standard InChI is InChI=1S/C30H24FN3O3S/c31-24-11-9-20(10-12-24)16-33-18-23(25-7-3-4-8-26(25)33)15-27-29(36)34(30(37)38-27)19-28(35)32-14-13-21-5-1-2-6-22(21)17-32/h1-12,15,18H,13-14,16-17,19H2/b27-15-. The molecule has 3 aromatic carbocycles. The SMILES string of the molecule is O=C(CN1C(=O)S/C(=C\c2cn(Cc3ccc(F)cc3)c3ccccc23)C1=O)N1CCc2ccccc2C1. The number of nitrogens with zero attached hydrogens (tertiary/aromatic N) is 3. The third kappa shape index (κ3) is 4.63. The minimum Gasteiger partial charge on any atom is -0.342 e. The Balaban J connectivity index is 1.22. The average Bonchev–Trinajstić information content (AvgIpc) is 3.41. The first kappa shape index (κ1) is 24.2. The van der Waals surface area contributed by atoms with Gasteiger partial charge in [0.15, 0.2) is 0 Å². The number of aromatic nitrogens is 1. The fraction of sp³-hybridized carbons (Fsp3) is 0.167. The maximum absolute atomic E-state index is 13.3. The summed E-state index contributed by atoms with van der Waals surface area (Å²) in [6.45, 7) is 1.31. The Bertz CT molecular complexity index is 1610. The maximum atomic E-state index is 13.3. The smallest absolute Gasteiger partial charge is 0.294 e. The van der Waals surface area contributed by atoms with Gasteiger partial charge in [0.2, 0.25) is 5.91 Å². The van der Waals surface area contributed by atoms with Crippen LogP contribution in [0.4, 0.5) is 9.18 Å². The van der Waals surface area contributed by atoms with Crippen LogP contribution in [-0.4, -0.2) is 44.5 Å². The molecule has 0 atom stereocenters. The van der Waals surface area contributed by atoms with E-state index in [0.717, 1.165) is 50.7 Å². The number of benzene rings is 3. The van der Waals surface area contributed by atoms with Crippen molar-refractivity contribution in [2.45, 2.75) is 19.5 Å². The molecule has 1 saturated heterocycles. The zero-order valence-electron chi connectivity index (χ0n) is 20.5. The van der Waals surface area contributed by atoms with E-state index in [0.29, 0.717) is 19.6 Å². The molecule has 0 N–H and O–H groups in total. The highest BCUT2D eigenvalue weighted by Crippen LogP contribution is 2.34. The Kier molecular flexibility index (Phi) is 6.33. The van der Waals surface area contributed by atoms with Gasteiger partial charge in [-0.25, -0.2) is 4.39 Å². The Morgan fingerprint density at radius 3 is 2.50 bits per heavy atom. The third-order valence-electron chi connectivity index (χ3n) is 7.02. The van der Waals surface area contributed by atoms with Gasteiger partial charge in [-0.3, -0.25) is 19.3 Å². The number of para-hydroxylation sites is 1. The number of hydrogen-bond acceptors (Lipinski definition) is 4. The molecule has 3 amide bonds. The molecular formula is C30H24FN3O3S. The third-order valence-corrected chi connectivity index (χ3v) is 7.93. The first-order valence-corrected chi connectivity index (χ1v) is 13.2. The lowest BCUT2D eigenvalue weighted by Gasteiger charge is -2.29. The molecular weight excluding hydrogens is 501 g/mol. The second kappa shape index (κ2) is 9.95. The van der Waals surface area contributed by atoms with Crippen molar-refractivity contribution in [1.29, 1.82) is 0 Å². The van der Waals surface area contributed by atoms with Crippen LogP contribution in [0, 0.1) is 5.82 Å². The summed E-state index contributed by atoms with van der Waals surface area (Å²) in [5, 5.41) is 0.492. The molecule has 3 heterocycles. The summed E-state index contributed by atoms with van der Waals surface area (Å²) >= 11 is 0.854. The molecule has 0 saturated carbocycles. The predicted molar refractivity (Wildman–Crippen MR) is 146 cm³/mol. The van der Waals surface area contributed by atoms with Crippen molar-refractivity contribution in [3.63, 3.8) is 0 Å². The highest BCUT2D eigenvalue weighted by atomic mass is 32.2. The Hall–Kier alpha value is -4.17. The van der Waals surface area contributed by atoms with E-state index in [1.54, 1.807) is 23.1 Å². The Labute approximate surface area is 223 Å². The Morgan fingerprint density at radius 2 is 1.68 bits per heavy atom. The highest BCUT2D eigenvalue weighted by molar-refractivity contribution is 8.18. The van der Waals surface area contributed by atoms with Gasteiger partial charge in [0, 0.05) is 42.3 Å². The fourth-order valence-electron chi connectivity index (χ4n) is 5.03. The number of rotatable bonds is 5. The van der Waals surface area contributed by atoms with Gasteiger partial charge in [0.25, 0.3) is 11.1 Å². The van der Waals surface area contributed by atoms with Crippen LogP contribution in [0.3, 0.4) is 0 Å². The lowest BCUT2D eigenvalue weighted by Crippen LogP contribution is -2.44. The summed E-state index contributed by atoms with van der Waals surface area (Å²) in [4.78, 5) is 42.0. The van der Waals surface area contributed by atoms with E-state index < -0.39 is 11.1 Å². The molecule has 2 aliphatic heterocycles. The monoisotopic (exact) mass is 525 g/mol. The van der Waals surface area contributed by atoms with Gasteiger partial charge >= 0.3 is 0 Å². The van der Waals surface area contributed by atoms with Gasteiger partial charge < -0.3 is 9.47 Å². The molecule has 0 aliphatic carbocycles. The van der Waals surface area contributed by atoms with E-state index in [2.05, 4.69) is 6.07 Å². The summed E-state index contributed by atoms with van der Waals surface area (Å²) < 4.78 is 15.4. The lowest BCUT2D eigenvalue weighted by molar-refractivity contribution is -0.136. The molecule has 0 radical (unpaired) electrons. The van der Waals surface area contributed by atoms with Crippen LogP contribution >= 0.6 is 11.8 Å². The first-order valence-electron chi connectivity index (χ1n) is 12.4. The molecule has 2 aliphatic rings. The van der Waals surface area contributed by atoms with Crippen LogP contribution in [0.25, 0.3) is 17.0 Å². The lowest BCUT2D eigenvalue weighted by atomic mass is 10.00. The van der Waals surface area contributed by atoms with Crippen molar-refractivity contribution in [3.05, 3.63) is 112 Å². The topological polar surface area (TPSA) is 62.6 Å². The molecule has 0 spiro atoms. The number of imide groups is 1. The number of fused-ring (bicyclic) bond motifs is 2. The molecule has 38 heavy (non-hydrogen) atoms. The second-order valence-corrected chi connectivity index (χ2v) is 10.5. The second-order valence-electron chi connectivity index (χ2n) is 9.46. The number of hydrogen-bond donors (Lipinski definition) is 0. The molecule has 0 unspecified atom stereocenters. The zero-order valence-corrected chi connectivity index (χ0v) is 21.3. The number of thioether (sulfide) groups is 1. The van der Waals surface area contributed by atoms with E-state index in [4.69, 9.17) is 0 Å². The van der Waals surface area contributed by atoms with Crippen LogP contribution in [0.15, 0.2) is 83.9 Å².